The van der Waals surface area contributed by atoms with Gasteiger partial charge < -0.3 is 4.90 Å². The first-order chi connectivity index (χ1) is 12.1. The van der Waals surface area contributed by atoms with Crippen molar-refractivity contribution in [2.24, 2.45) is 0 Å². The smallest absolute Gasteiger partial charge is 0.243 e. The predicted molar refractivity (Wildman–Crippen MR) is 107 cm³/mol. The van der Waals surface area contributed by atoms with Crippen LogP contribution in [0.4, 0.5) is 5.69 Å². The monoisotopic (exact) mass is 434 g/mol. The molecule has 0 saturated heterocycles. The molecule has 26 heavy (non-hydrogen) atoms. The van der Waals surface area contributed by atoms with Crippen molar-refractivity contribution in [1.82, 2.24) is 4.90 Å². The average Bonchev–Trinajstić information content (AvgIpc) is 2.56. The van der Waals surface area contributed by atoms with Crippen LogP contribution in [0.1, 0.15) is 5.56 Å². The zero-order valence-corrected chi connectivity index (χ0v) is 17.2. The number of carbonyl (C=O) groups excluding carboxylic acids is 1. The van der Waals surface area contributed by atoms with Gasteiger partial charge in [-0.1, -0.05) is 53.0 Å². The Hall–Kier alpha value is -1.47. The Bertz CT molecular complexity index is 902. The summed E-state index contributed by atoms with van der Waals surface area (Å²) < 4.78 is 25.3. The molecule has 0 atom stereocenters. The third-order valence-corrected chi connectivity index (χ3v) is 5.83. The van der Waals surface area contributed by atoms with Gasteiger partial charge in [0.05, 0.1) is 22.0 Å². The lowest BCUT2D eigenvalue weighted by atomic mass is 10.2. The standard InChI is InChI=1S/C17H17Cl3N2O3S/c1-21(10-12-6-8-13(18)9-7-12)16(23)11-22(26(2,24)25)15-5-3-4-14(19)17(15)20/h3-9H,10-11H2,1-2H3. The third kappa shape index (κ3) is 5.27. The molecular weight excluding hydrogens is 419 g/mol. The van der Waals surface area contributed by atoms with E-state index >= 15 is 0 Å². The van der Waals surface area contributed by atoms with Crippen LogP contribution in [-0.4, -0.2) is 39.1 Å². The second-order valence-corrected chi connectivity index (χ2v) is 8.85. The van der Waals surface area contributed by atoms with Gasteiger partial charge in [-0.3, -0.25) is 9.10 Å². The Balaban J connectivity index is 2.21. The van der Waals surface area contributed by atoms with Gasteiger partial charge in [0, 0.05) is 18.6 Å². The molecule has 1 amide bonds. The lowest BCUT2D eigenvalue weighted by molar-refractivity contribution is -0.128. The van der Waals surface area contributed by atoms with Crippen LogP contribution in [0.15, 0.2) is 42.5 Å². The molecule has 0 bridgehead atoms. The second kappa shape index (κ2) is 8.48. The van der Waals surface area contributed by atoms with Gasteiger partial charge in [0.2, 0.25) is 15.9 Å². The number of benzene rings is 2. The van der Waals surface area contributed by atoms with Gasteiger partial charge in [0.15, 0.2) is 0 Å². The van der Waals surface area contributed by atoms with Crippen LogP contribution >= 0.6 is 34.8 Å². The fourth-order valence-corrected chi connectivity index (χ4v) is 3.69. The maximum atomic E-state index is 12.6. The van der Waals surface area contributed by atoms with E-state index in [1.165, 1.54) is 11.0 Å². The highest BCUT2D eigenvalue weighted by molar-refractivity contribution is 7.92. The van der Waals surface area contributed by atoms with E-state index in [9.17, 15) is 13.2 Å². The van der Waals surface area contributed by atoms with Crippen LogP contribution in [0, 0.1) is 0 Å². The van der Waals surface area contributed by atoms with Crippen molar-refractivity contribution >= 4 is 56.4 Å². The third-order valence-electron chi connectivity index (χ3n) is 3.64. The number of hydrogen-bond acceptors (Lipinski definition) is 3. The number of nitrogens with zero attached hydrogens (tertiary/aromatic N) is 2. The normalized spacial score (nSPS) is 11.3. The molecule has 0 radical (unpaired) electrons. The van der Waals surface area contributed by atoms with Crippen molar-refractivity contribution in [2.45, 2.75) is 6.54 Å². The van der Waals surface area contributed by atoms with Crippen molar-refractivity contribution < 1.29 is 13.2 Å². The summed E-state index contributed by atoms with van der Waals surface area (Å²) in [6.07, 6.45) is 1.01. The molecule has 0 aliphatic carbocycles. The van der Waals surface area contributed by atoms with E-state index < -0.39 is 10.0 Å². The highest BCUT2D eigenvalue weighted by atomic mass is 35.5. The van der Waals surface area contributed by atoms with E-state index in [-0.39, 0.29) is 28.2 Å². The SMILES string of the molecule is CN(Cc1ccc(Cl)cc1)C(=O)CN(c1cccc(Cl)c1Cl)S(C)(=O)=O. The minimum absolute atomic E-state index is 0.0766. The van der Waals surface area contributed by atoms with Crippen molar-refractivity contribution in [2.75, 3.05) is 24.2 Å². The number of carbonyl (C=O) groups is 1. The largest absolute Gasteiger partial charge is 0.340 e. The summed E-state index contributed by atoms with van der Waals surface area (Å²) >= 11 is 17.9. The Morgan fingerprint density at radius 1 is 1.04 bits per heavy atom. The maximum absolute atomic E-state index is 12.6. The van der Waals surface area contributed by atoms with E-state index in [4.69, 9.17) is 34.8 Å². The van der Waals surface area contributed by atoms with E-state index in [2.05, 4.69) is 0 Å². The van der Waals surface area contributed by atoms with Crippen LogP contribution in [0.3, 0.4) is 0 Å². The molecule has 0 spiro atoms. The Morgan fingerprint density at radius 3 is 2.23 bits per heavy atom. The second-order valence-electron chi connectivity index (χ2n) is 5.72. The van der Waals surface area contributed by atoms with Crippen molar-refractivity contribution in [3.05, 3.63) is 63.1 Å². The van der Waals surface area contributed by atoms with E-state index in [1.54, 1.807) is 43.4 Å². The lowest BCUT2D eigenvalue weighted by Crippen LogP contribution is -2.41. The number of likely N-dealkylation sites (N-methyl/N-ethyl adjacent to an activating group) is 1. The molecule has 140 valence electrons. The van der Waals surface area contributed by atoms with E-state index in [0.29, 0.717) is 11.6 Å². The molecule has 0 saturated carbocycles. The zero-order chi connectivity index (χ0) is 19.5. The molecule has 0 N–H and O–H groups in total. The van der Waals surface area contributed by atoms with Gasteiger partial charge in [-0.05, 0) is 29.8 Å². The Labute approximate surface area is 168 Å². The predicted octanol–water partition coefficient (Wildman–Crippen LogP) is 4.07. The van der Waals surface area contributed by atoms with Crippen molar-refractivity contribution in [1.29, 1.82) is 0 Å². The molecule has 0 heterocycles. The van der Waals surface area contributed by atoms with Gasteiger partial charge >= 0.3 is 0 Å². The topological polar surface area (TPSA) is 57.7 Å². The highest BCUT2D eigenvalue weighted by Gasteiger charge is 2.25. The van der Waals surface area contributed by atoms with Gasteiger partial charge in [-0.25, -0.2) is 8.42 Å². The zero-order valence-electron chi connectivity index (χ0n) is 14.1. The van der Waals surface area contributed by atoms with Gasteiger partial charge in [0.1, 0.15) is 6.54 Å². The number of halogens is 3. The maximum Gasteiger partial charge on any atom is 0.243 e. The number of rotatable bonds is 6. The molecular formula is C17H17Cl3N2O3S. The van der Waals surface area contributed by atoms with Crippen LogP contribution in [-0.2, 0) is 21.4 Å². The molecule has 5 nitrogen and oxygen atoms in total. The summed E-state index contributed by atoms with van der Waals surface area (Å²) in [5, 5.41) is 0.883. The first-order valence-electron chi connectivity index (χ1n) is 7.49. The fourth-order valence-electron chi connectivity index (χ4n) is 2.26. The number of hydrogen-bond donors (Lipinski definition) is 0. The number of anilines is 1. The van der Waals surface area contributed by atoms with Crippen molar-refractivity contribution in [3.8, 4) is 0 Å². The highest BCUT2D eigenvalue weighted by Crippen LogP contribution is 2.33. The van der Waals surface area contributed by atoms with E-state index in [1.807, 2.05) is 0 Å². The molecule has 0 fully saturated rings. The summed E-state index contributed by atoms with van der Waals surface area (Å²) in [6, 6.07) is 11.7. The summed E-state index contributed by atoms with van der Waals surface area (Å²) in [4.78, 5) is 14.0. The molecule has 2 rings (SSSR count). The summed E-state index contributed by atoms with van der Waals surface area (Å²) in [5.41, 5.74) is 1.03. The molecule has 0 aliphatic heterocycles. The van der Waals surface area contributed by atoms with Crippen LogP contribution < -0.4 is 4.31 Å². The fraction of sp³-hybridized carbons (Fsp3) is 0.235. The quantitative estimate of drug-likeness (QED) is 0.687. The minimum Gasteiger partial charge on any atom is -0.340 e. The lowest BCUT2D eigenvalue weighted by Gasteiger charge is -2.26. The Morgan fingerprint density at radius 2 is 1.65 bits per heavy atom. The first kappa shape index (κ1) is 20.8. The van der Waals surface area contributed by atoms with Crippen LogP contribution in [0.5, 0.6) is 0 Å². The molecule has 0 aromatic heterocycles. The number of sulfonamides is 1. The number of amides is 1. The summed E-state index contributed by atoms with van der Waals surface area (Å²) in [6.45, 7) is -0.0696. The van der Waals surface area contributed by atoms with E-state index in [0.717, 1.165) is 16.1 Å². The van der Waals surface area contributed by atoms with Gasteiger partial charge in [-0.2, -0.15) is 0 Å². The molecule has 2 aromatic rings. The van der Waals surface area contributed by atoms with Gasteiger partial charge in [0.25, 0.3) is 0 Å². The Kier molecular flexibility index (Phi) is 6.80. The van der Waals surface area contributed by atoms with Crippen LogP contribution in [0.25, 0.3) is 0 Å². The first-order valence-corrected chi connectivity index (χ1v) is 10.5. The molecule has 9 heteroatoms. The van der Waals surface area contributed by atoms with Gasteiger partial charge in [-0.15, -0.1) is 0 Å². The summed E-state index contributed by atoms with van der Waals surface area (Å²) in [7, 11) is -2.14. The molecule has 0 aliphatic rings. The molecule has 2 aromatic carbocycles. The average molecular weight is 436 g/mol. The minimum atomic E-state index is -3.74. The van der Waals surface area contributed by atoms with Crippen molar-refractivity contribution in [3.63, 3.8) is 0 Å². The summed E-state index contributed by atoms with van der Waals surface area (Å²) in [5.74, 6) is -0.388. The van der Waals surface area contributed by atoms with Crippen LogP contribution in [0.2, 0.25) is 15.1 Å². The molecule has 0 unspecified atom stereocenters.